The second kappa shape index (κ2) is 7.92. The van der Waals surface area contributed by atoms with Crippen LogP contribution < -0.4 is 0 Å². The van der Waals surface area contributed by atoms with Crippen LogP contribution in [0.3, 0.4) is 0 Å². The molecule has 1 aliphatic rings. The van der Waals surface area contributed by atoms with Gasteiger partial charge in [0, 0.05) is 13.0 Å². The van der Waals surface area contributed by atoms with E-state index in [1.54, 1.807) is 30.9 Å². The van der Waals surface area contributed by atoms with Gasteiger partial charge in [-0.2, -0.15) is 0 Å². The van der Waals surface area contributed by atoms with Crippen LogP contribution in [0.4, 0.5) is 9.18 Å². The Bertz CT molecular complexity index is 801. The quantitative estimate of drug-likeness (QED) is 0.746. The molecule has 3 rings (SSSR count). The lowest BCUT2D eigenvalue weighted by atomic mass is 9.82. The van der Waals surface area contributed by atoms with E-state index in [9.17, 15) is 14.3 Å². The highest BCUT2D eigenvalue weighted by molar-refractivity contribution is 5.70. The van der Waals surface area contributed by atoms with Gasteiger partial charge in [-0.3, -0.25) is 0 Å². The molecule has 1 saturated heterocycles. The van der Waals surface area contributed by atoms with Gasteiger partial charge in [-0.1, -0.05) is 42.5 Å². The molecule has 0 spiro atoms. The van der Waals surface area contributed by atoms with E-state index in [0.717, 1.165) is 11.1 Å². The molecule has 2 atom stereocenters. The minimum Gasteiger partial charge on any atom is -0.438 e. The summed E-state index contributed by atoms with van der Waals surface area (Å²) in [5, 5.41) is 10.2. The maximum Gasteiger partial charge on any atom is 0.411 e. The number of cyclic esters (lactones) is 1. The highest BCUT2D eigenvalue weighted by Crippen LogP contribution is 2.41. The number of aliphatic hydroxyl groups is 1. The molecule has 1 N–H and O–H groups in total. The third kappa shape index (κ3) is 4.53. The lowest BCUT2D eigenvalue weighted by Gasteiger charge is -2.44. The molecule has 1 fully saturated rings. The normalized spacial score (nSPS) is 21.3. The number of ether oxygens (including phenoxy) is 1. The Hall–Kier alpha value is -2.40. The molecule has 2 aromatic rings. The van der Waals surface area contributed by atoms with Crippen molar-refractivity contribution in [1.29, 1.82) is 0 Å². The first-order valence-electron chi connectivity index (χ1n) is 9.73. The summed E-state index contributed by atoms with van der Waals surface area (Å²) in [6.45, 7) is 5.97. The molecule has 0 saturated carbocycles. The van der Waals surface area contributed by atoms with Gasteiger partial charge in [-0.05, 0) is 56.9 Å². The lowest BCUT2D eigenvalue weighted by molar-refractivity contribution is -0.0767. The molecule has 28 heavy (non-hydrogen) atoms. The van der Waals surface area contributed by atoms with Gasteiger partial charge < -0.3 is 14.7 Å². The van der Waals surface area contributed by atoms with E-state index in [1.165, 1.54) is 12.1 Å². The summed E-state index contributed by atoms with van der Waals surface area (Å²) in [7, 11) is 0. The second-order valence-corrected chi connectivity index (χ2v) is 8.21. The molecule has 0 aromatic heterocycles. The summed E-state index contributed by atoms with van der Waals surface area (Å²) in [6, 6.07) is 15.7. The Kier molecular flexibility index (Phi) is 5.75. The molecule has 0 bridgehead atoms. The number of carbonyl (C=O) groups is 1. The first-order chi connectivity index (χ1) is 13.2. The number of carbonyl (C=O) groups excluding carboxylic acids is 1. The zero-order chi connectivity index (χ0) is 20.4. The van der Waals surface area contributed by atoms with E-state index in [2.05, 4.69) is 0 Å². The van der Waals surface area contributed by atoms with E-state index in [1.807, 2.05) is 37.3 Å². The van der Waals surface area contributed by atoms with E-state index in [0.29, 0.717) is 25.8 Å². The molecule has 150 valence electrons. The van der Waals surface area contributed by atoms with Gasteiger partial charge >= 0.3 is 6.09 Å². The first-order valence-corrected chi connectivity index (χ1v) is 9.73. The molecule has 0 aliphatic carbocycles. The van der Waals surface area contributed by atoms with Crippen LogP contribution in [-0.4, -0.2) is 28.2 Å². The average molecular weight is 385 g/mol. The topological polar surface area (TPSA) is 49.8 Å². The van der Waals surface area contributed by atoms with Crippen LogP contribution in [0, 0.1) is 5.82 Å². The van der Waals surface area contributed by atoms with Crippen molar-refractivity contribution in [3.63, 3.8) is 0 Å². The zero-order valence-electron chi connectivity index (χ0n) is 16.7. The molecule has 0 radical (unpaired) electrons. The average Bonchev–Trinajstić information content (AvgIpc) is 2.67. The zero-order valence-corrected chi connectivity index (χ0v) is 16.7. The van der Waals surface area contributed by atoms with Gasteiger partial charge in [0.1, 0.15) is 11.4 Å². The van der Waals surface area contributed by atoms with Gasteiger partial charge in [0.2, 0.25) is 0 Å². The number of nitrogens with zero attached hydrogens (tertiary/aromatic N) is 1. The fourth-order valence-corrected chi connectivity index (χ4v) is 3.72. The van der Waals surface area contributed by atoms with Crippen LogP contribution in [0.15, 0.2) is 54.6 Å². The molecule has 1 amide bonds. The number of benzene rings is 2. The van der Waals surface area contributed by atoms with Gasteiger partial charge in [0.05, 0.1) is 11.6 Å². The van der Waals surface area contributed by atoms with Crippen LogP contribution in [-0.2, 0) is 10.3 Å². The molecular formula is C23H28FNO3. The Morgan fingerprint density at radius 1 is 1.18 bits per heavy atom. The van der Waals surface area contributed by atoms with Crippen molar-refractivity contribution in [3.05, 3.63) is 71.5 Å². The van der Waals surface area contributed by atoms with Crippen molar-refractivity contribution in [2.75, 3.05) is 6.54 Å². The van der Waals surface area contributed by atoms with E-state index in [-0.39, 0.29) is 18.0 Å². The minimum atomic E-state index is -0.841. The number of amides is 1. The third-order valence-electron chi connectivity index (χ3n) is 5.53. The predicted molar refractivity (Wildman–Crippen MR) is 106 cm³/mol. The molecule has 5 heteroatoms. The van der Waals surface area contributed by atoms with Gasteiger partial charge in [0.15, 0.2) is 0 Å². The van der Waals surface area contributed by atoms with Gasteiger partial charge in [0.25, 0.3) is 0 Å². The molecule has 4 nitrogen and oxygen atoms in total. The van der Waals surface area contributed by atoms with Gasteiger partial charge in [-0.25, -0.2) is 9.18 Å². The van der Waals surface area contributed by atoms with Crippen LogP contribution in [0.1, 0.15) is 57.2 Å². The van der Waals surface area contributed by atoms with Crippen molar-refractivity contribution in [2.24, 2.45) is 0 Å². The van der Waals surface area contributed by atoms with E-state index >= 15 is 0 Å². The molecule has 0 unspecified atom stereocenters. The standard InChI is InChI=1S/C23H28FNO3/c1-17(18-9-11-20(24)12-10-18)25-16-15-23(28-21(25)26,14-13-22(2,3)27)19-7-5-4-6-8-19/h4-12,17,27H,13-16H2,1-3H3/t17-,23+/m0/s1. The Morgan fingerprint density at radius 2 is 1.82 bits per heavy atom. The number of rotatable bonds is 6. The largest absolute Gasteiger partial charge is 0.438 e. The van der Waals surface area contributed by atoms with Gasteiger partial charge in [-0.15, -0.1) is 0 Å². The summed E-state index contributed by atoms with van der Waals surface area (Å²) < 4.78 is 19.2. The Morgan fingerprint density at radius 3 is 2.39 bits per heavy atom. The molecule has 2 aromatic carbocycles. The maximum atomic E-state index is 13.2. The van der Waals surface area contributed by atoms with Crippen LogP contribution in [0.2, 0.25) is 0 Å². The third-order valence-corrected chi connectivity index (χ3v) is 5.53. The fourth-order valence-electron chi connectivity index (χ4n) is 3.72. The maximum absolute atomic E-state index is 13.2. The summed E-state index contributed by atoms with van der Waals surface area (Å²) in [5.74, 6) is -0.299. The first kappa shape index (κ1) is 20.3. The second-order valence-electron chi connectivity index (χ2n) is 8.21. The molecular weight excluding hydrogens is 357 g/mol. The fraction of sp³-hybridized carbons (Fsp3) is 0.435. The van der Waals surface area contributed by atoms with Crippen molar-refractivity contribution >= 4 is 6.09 Å². The van der Waals surface area contributed by atoms with Crippen LogP contribution >= 0.6 is 0 Å². The summed E-state index contributed by atoms with van der Waals surface area (Å²) in [6.07, 6.45) is 1.31. The summed E-state index contributed by atoms with van der Waals surface area (Å²) in [4.78, 5) is 14.6. The predicted octanol–water partition coefficient (Wildman–Crippen LogP) is 5.18. The van der Waals surface area contributed by atoms with Crippen molar-refractivity contribution < 1.29 is 19.0 Å². The van der Waals surface area contributed by atoms with Crippen LogP contribution in [0.25, 0.3) is 0 Å². The molecule has 1 aliphatic heterocycles. The summed E-state index contributed by atoms with van der Waals surface area (Å²) in [5.41, 5.74) is 0.216. The van der Waals surface area contributed by atoms with Crippen molar-refractivity contribution in [2.45, 2.75) is 57.3 Å². The number of halogens is 1. The van der Waals surface area contributed by atoms with Crippen molar-refractivity contribution in [3.8, 4) is 0 Å². The monoisotopic (exact) mass is 385 g/mol. The number of hydrogen-bond acceptors (Lipinski definition) is 3. The smallest absolute Gasteiger partial charge is 0.411 e. The van der Waals surface area contributed by atoms with E-state index in [4.69, 9.17) is 4.74 Å². The van der Waals surface area contributed by atoms with E-state index < -0.39 is 11.2 Å². The lowest BCUT2D eigenvalue weighted by Crippen LogP contribution is -2.49. The Balaban J connectivity index is 1.82. The highest BCUT2D eigenvalue weighted by atomic mass is 19.1. The summed E-state index contributed by atoms with van der Waals surface area (Å²) >= 11 is 0. The minimum absolute atomic E-state index is 0.212. The van der Waals surface area contributed by atoms with Crippen molar-refractivity contribution in [1.82, 2.24) is 4.90 Å². The van der Waals surface area contributed by atoms with Crippen LogP contribution in [0.5, 0.6) is 0 Å². The highest BCUT2D eigenvalue weighted by Gasteiger charge is 2.44. The number of hydrogen-bond donors (Lipinski definition) is 1. The molecule has 1 heterocycles. The SMILES string of the molecule is C[C@@H](c1ccc(F)cc1)N1CC[C@](CCC(C)(C)O)(c2ccccc2)OC1=O. The Labute approximate surface area is 165 Å².